The second-order valence-corrected chi connectivity index (χ2v) is 6.13. The number of fused-ring (bicyclic) bond motifs is 1. The van der Waals surface area contributed by atoms with Gasteiger partial charge in [0, 0.05) is 24.3 Å². The van der Waals surface area contributed by atoms with E-state index < -0.39 is 6.03 Å². The molecule has 0 radical (unpaired) electrons. The van der Waals surface area contributed by atoms with Crippen molar-refractivity contribution in [2.24, 2.45) is 0 Å². The van der Waals surface area contributed by atoms with E-state index in [4.69, 9.17) is 0 Å². The molecule has 0 bridgehead atoms. The number of benzene rings is 2. The molecule has 1 heterocycles. The minimum absolute atomic E-state index is 0.0184. The molecule has 27 heavy (non-hydrogen) atoms. The molecule has 0 aliphatic carbocycles. The van der Waals surface area contributed by atoms with Gasteiger partial charge in [-0.1, -0.05) is 12.1 Å². The second-order valence-electron chi connectivity index (χ2n) is 6.13. The summed E-state index contributed by atoms with van der Waals surface area (Å²) in [7, 11) is 0. The highest BCUT2D eigenvalue weighted by Gasteiger charge is 2.15. The van der Waals surface area contributed by atoms with Crippen LogP contribution in [0.2, 0.25) is 0 Å². The van der Waals surface area contributed by atoms with E-state index in [-0.39, 0.29) is 30.7 Å². The van der Waals surface area contributed by atoms with Crippen molar-refractivity contribution in [3.8, 4) is 0 Å². The molecule has 2 aromatic carbocycles. The summed E-state index contributed by atoms with van der Waals surface area (Å²) < 4.78 is 12.8. The van der Waals surface area contributed by atoms with Crippen molar-refractivity contribution in [2.75, 3.05) is 17.2 Å². The fourth-order valence-electron chi connectivity index (χ4n) is 2.67. The van der Waals surface area contributed by atoms with Crippen molar-refractivity contribution in [3.05, 3.63) is 59.4 Å². The fourth-order valence-corrected chi connectivity index (χ4v) is 2.67. The van der Waals surface area contributed by atoms with Crippen LogP contribution in [0.4, 0.5) is 20.6 Å². The summed E-state index contributed by atoms with van der Waals surface area (Å²) in [4.78, 5) is 35.1. The zero-order valence-corrected chi connectivity index (χ0v) is 14.5. The Bertz CT molecular complexity index is 868. The van der Waals surface area contributed by atoms with Crippen molar-refractivity contribution in [1.82, 2.24) is 10.6 Å². The predicted octanol–water partition coefficient (Wildman–Crippen LogP) is 2.15. The van der Waals surface area contributed by atoms with E-state index in [0.717, 1.165) is 16.8 Å². The highest BCUT2D eigenvalue weighted by molar-refractivity contribution is 5.96. The quantitative estimate of drug-likeness (QED) is 0.649. The van der Waals surface area contributed by atoms with Crippen molar-refractivity contribution < 1.29 is 18.8 Å². The molecule has 1 aliphatic heterocycles. The van der Waals surface area contributed by atoms with Crippen molar-refractivity contribution in [3.63, 3.8) is 0 Å². The van der Waals surface area contributed by atoms with Crippen LogP contribution < -0.4 is 21.3 Å². The molecule has 140 valence electrons. The molecule has 8 heteroatoms. The van der Waals surface area contributed by atoms with Crippen molar-refractivity contribution >= 4 is 29.2 Å². The van der Waals surface area contributed by atoms with Gasteiger partial charge in [-0.05, 0) is 47.9 Å². The zero-order chi connectivity index (χ0) is 19.2. The smallest absolute Gasteiger partial charge is 0.315 e. The first-order valence-corrected chi connectivity index (χ1v) is 8.48. The molecule has 1 aliphatic rings. The molecule has 0 atom stereocenters. The Morgan fingerprint density at radius 3 is 2.59 bits per heavy atom. The van der Waals surface area contributed by atoms with Gasteiger partial charge in [-0.15, -0.1) is 0 Å². The molecule has 4 amide bonds. The highest BCUT2D eigenvalue weighted by Crippen LogP contribution is 2.25. The minimum Gasteiger partial charge on any atom is -0.334 e. The topological polar surface area (TPSA) is 99.3 Å². The van der Waals surface area contributed by atoms with E-state index in [0.29, 0.717) is 18.5 Å². The van der Waals surface area contributed by atoms with Crippen LogP contribution in [0.5, 0.6) is 0 Å². The summed E-state index contributed by atoms with van der Waals surface area (Å²) in [5, 5.41) is 10.5. The van der Waals surface area contributed by atoms with Gasteiger partial charge in [0.25, 0.3) is 0 Å². The van der Waals surface area contributed by atoms with Crippen molar-refractivity contribution in [2.45, 2.75) is 19.4 Å². The van der Waals surface area contributed by atoms with Gasteiger partial charge in [0.1, 0.15) is 5.82 Å². The van der Waals surface area contributed by atoms with Crippen LogP contribution in [0.15, 0.2) is 42.5 Å². The summed E-state index contributed by atoms with van der Waals surface area (Å²) in [5.41, 5.74) is 3.06. The molecule has 0 fully saturated rings. The van der Waals surface area contributed by atoms with E-state index in [9.17, 15) is 18.8 Å². The summed E-state index contributed by atoms with van der Waals surface area (Å²) >= 11 is 0. The van der Waals surface area contributed by atoms with Gasteiger partial charge in [0.15, 0.2) is 0 Å². The Morgan fingerprint density at radius 1 is 1.04 bits per heavy atom. The normalized spacial score (nSPS) is 12.6. The zero-order valence-electron chi connectivity index (χ0n) is 14.5. The van der Waals surface area contributed by atoms with Crippen LogP contribution >= 0.6 is 0 Å². The Morgan fingerprint density at radius 2 is 1.81 bits per heavy atom. The van der Waals surface area contributed by atoms with Gasteiger partial charge in [-0.3, -0.25) is 9.59 Å². The van der Waals surface area contributed by atoms with Crippen LogP contribution in [-0.4, -0.2) is 24.4 Å². The molecule has 4 N–H and O–H groups in total. The van der Waals surface area contributed by atoms with Gasteiger partial charge in [0.05, 0.1) is 6.54 Å². The van der Waals surface area contributed by atoms with Gasteiger partial charge < -0.3 is 21.3 Å². The van der Waals surface area contributed by atoms with E-state index in [1.54, 1.807) is 30.3 Å². The Hall–Kier alpha value is -3.42. The Balaban J connectivity index is 1.43. The number of carbonyl (C=O) groups is 3. The largest absolute Gasteiger partial charge is 0.334 e. The van der Waals surface area contributed by atoms with Crippen LogP contribution in [0.25, 0.3) is 0 Å². The SMILES string of the molecule is O=C(CNC(=O)NCc1ccc(F)cc1)Nc1ccc2c(c1)CCC(=O)N2. The lowest BCUT2D eigenvalue weighted by Gasteiger charge is -2.17. The fraction of sp³-hybridized carbons (Fsp3) is 0.211. The van der Waals surface area contributed by atoms with Crippen LogP contribution in [0.1, 0.15) is 17.5 Å². The molecule has 0 unspecified atom stereocenters. The molecule has 0 saturated carbocycles. The van der Waals surface area contributed by atoms with E-state index in [1.807, 2.05) is 0 Å². The van der Waals surface area contributed by atoms with Gasteiger partial charge in [-0.25, -0.2) is 9.18 Å². The van der Waals surface area contributed by atoms with Crippen LogP contribution in [0, 0.1) is 5.82 Å². The van der Waals surface area contributed by atoms with Gasteiger partial charge in [-0.2, -0.15) is 0 Å². The predicted molar refractivity (Wildman–Crippen MR) is 98.7 cm³/mol. The first-order chi connectivity index (χ1) is 13.0. The Labute approximate surface area is 155 Å². The molecule has 0 aromatic heterocycles. The maximum Gasteiger partial charge on any atom is 0.315 e. The standard InChI is InChI=1S/C19H19FN4O3/c20-14-4-1-12(2-5-14)10-21-19(27)22-11-18(26)23-15-6-7-16-13(9-15)3-8-17(25)24-16/h1-2,4-7,9H,3,8,10-11H2,(H,23,26)(H,24,25)(H2,21,22,27). The maximum absolute atomic E-state index is 12.8. The molecule has 0 spiro atoms. The molecule has 7 nitrogen and oxygen atoms in total. The number of rotatable bonds is 5. The number of urea groups is 1. The lowest BCUT2D eigenvalue weighted by Crippen LogP contribution is -2.39. The third-order valence-corrected chi connectivity index (χ3v) is 4.06. The Kier molecular flexibility index (Phi) is 5.65. The average Bonchev–Trinajstić information content (AvgIpc) is 2.66. The number of anilines is 2. The number of amides is 4. The number of nitrogens with one attached hydrogen (secondary N) is 4. The lowest BCUT2D eigenvalue weighted by atomic mass is 10.0. The molecular formula is C19H19FN4O3. The summed E-state index contributed by atoms with van der Waals surface area (Å²) in [6.45, 7) is 0.0351. The number of carbonyl (C=O) groups excluding carboxylic acids is 3. The third kappa shape index (κ3) is 5.27. The van der Waals surface area contributed by atoms with E-state index in [2.05, 4.69) is 21.3 Å². The van der Waals surface area contributed by atoms with Crippen LogP contribution in [-0.2, 0) is 22.6 Å². The summed E-state index contributed by atoms with van der Waals surface area (Å²) in [5.74, 6) is -0.730. The highest BCUT2D eigenvalue weighted by atomic mass is 19.1. The van der Waals surface area contributed by atoms with E-state index >= 15 is 0 Å². The monoisotopic (exact) mass is 370 g/mol. The molecule has 3 rings (SSSR count). The molecule has 2 aromatic rings. The first-order valence-electron chi connectivity index (χ1n) is 8.48. The number of hydrogen-bond donors (Lipinski definition) is 4. The van der Waals surface area contributed by atoms with E-state index in [1.165, 1.54) is 12.1 Å². The van der Waals surface area contributed by atoms with Gasteiger partial charge in [0.2, 0.25) is 11.8 Å². The summed E-state index contributed by atoms with van der Waals surface area (Å²) in [6, 6.07) is 10.5. The van der Waals surface area contributed by atoms with Crippen molar-refractivity contribution in [1.29, 1.82) is 0 Å². The third-order valence-electron chi connectivity index (χ3n) is 4.06. The number of hydrogen-bond acceptors (Lipinski definition) is 3. The first kappa shape index (κ1) is 18.4. The summed E-state index contributed by atoms with van der Waals surface area (Å²) in [6.07, 6.45) is 1.04. The lowest BCUT2D eigenvalue weighted by molar-refractivity contribution is -0.116. The van der Waals surface area contributed by atoms with Crippen LogP contribution in [0.3, 0.4) is 0 Å². The number of halogens is 1. The van der Waals surface area contributed by atoms with Gasteiger partial charge >= 0.3 is 6.03 Å². The second kappa shape index (κ2) is 8.31. The molecular weight excluding hydrogens is 351 g/mol. The minimum atomic E-state index is -0.498. The maximum atomic E-state index is 12.8. The number of aryl methyl sites for hydroxylation is 1. The molecule has 0 saturated heterocycles. The average molecular weight is 370 g/mol.